The molecular weight excluding hydrogens is 276 g/mol. The van der Waals surface area contributed by atoms with E-state index in [0.29, 0.717) is 5.56 Å². The highest BCUT2D eigenvalue weighted by molar-refractivity contribution is 6.04. The fourth-order valence-corrected chi connectivity index (χ4v) is 2.72. The summed E-state index contributed by atoms with van der Waals surface area (Å²) in [4.78, 5) is 12.4. The Morgan fingerprint density at radius 2 is 2.09 bits per heavy atom. The second-order valence-electron chi connectivity index (χ2n) is 5.54. The minimum absolute atomic E-state index is 0.123. The molecule has 0 fully saturated rings. The van der Waals surface area contributed by atoms with Crippen molar-refractivity contribution in [2.75, 3.05) is 24.3 Å². The van der Waals surface area contributed by atoms with E-state index in [4.69, 9.17) is 4.74 Å². The molecule has 1 heterocycles. The summed E-state index contributed by atoms with van der Waals surface area (Å²) in [5.41, 5.74) is 4.86. The van der Waals surface area contributed by atoms with Gasteiger partial charge in [-0.25, -0.2) is 0 Å². The van der Waals surface area contributed by atoms with E-state index in [0.717, 1.165) is 36.4 Å². The first kappa shape index (κ1) is 14.4. The van der Waals surface area contributed by atoms with Crippen LogP contribution in [0.25, 0.3) is 0 Å². The van der Waals surface area contributed by atoms with Gasteiger partial charge in [0.25, 0.3) is 5.91 Å². The number of hydrogen-bond donors (Lipinski definition) is 2. The lowest BCUT2D eigenvalue weighted by atomic mass is 10.0. The highest BCUT2D eigenvalue weighted by atomic mass is 16.5. The number of anilines is 2. The molecule has 3 rings (SSSR count). The number of ether oxygens (including phenoxy) is 1. The Morgan fingerprint density at radius 3 is 2.91 bits per heavy atom. The van der Waals surface area contributed by atoms with Crippen LogP contribution in [-0.4, -0.2) is 19.6 Å². The summed E-state index contributed by atoms with van der Waals surface area (Å²) < 4.78 is 5.27. The van der Waals surface area contributed by atoms with Gasteiger partial charge < -0.3 is 15.4 Å². The van der Waals surface area contributed by atoms with Crippen molar-refractivity contribution < 1.29 is 9.53 Å². The minimum Gasteiger partial charge on any atom is -0.496 e. The van der Waals surface area contributed by atoms with Crippen molar-refractivity contribution in [1.29, 1.82) is 0 Å². The first-order chi connectivity index (χ1) is 10.7. The molecule has 1 aliphatic rings. The molecule has 4 nitrogen and oxygen atoms in total. The normalized spacial score (nSPS) is 13.0. The number of rotatable bonds is 3. The zero-order chi connectivity index (χ0) is 15.5. The molecular formula is C18H20N2O2. The molecule has 4 heteroatoms. The van der Waals surface area contributed by atoms with Gasteiger partial charge in [-0.1, -0.05) is 6.07 Å². The predicted octanol–water partition coefficient (Wildman–Crippen LogP) is 3.61. The average molecular weight is 296 g/mol. The summed E-state index contributed by atoms with van der Waals surface area (Å²) in [7, 11) is 1.61. The van der Waals surface area contributed by atoms with Crippen LogP contribution in [0.3, 0.4) is 0 Å². The van der Waals surface area contributed by atoms with E-state index in [-0.39, 0.29) is 5.91 Å². The first-order valence-electron chi connectivity index (χ1n) is 7.50. The van der Waals surface area contributed by atoms with Gasteiger partial charge in [-0.15, -0.1) is 0 Å². The Balaban J connectivity index is 1.79. The number of aryl methyl sites for hydroxylation is 2. The predicted molar refractivity (Wildman–Crippen MR) is 88.9 cm³/mol. The fraction of sp³-hybridized carbons (Fsp3) is 0.278. The Bertz CT molecular complexity index is 710. The van der Waals surface area contributed by atoms with Gasteiger partial charge in [-0.05, 0) is 61.2 Å². The number of fused-ring (bicyclic) bond motifs is 1. The zero-order valence-electron chi connectivity index (χ0n) is 12.9. The van der Waals surface area contributed by atoms with Crippen LogP contribution in [0.4, 0.5) is 11.4 Å². The molecule has 0 bridgehead atoms. The van der Waals surface area contributed by atoms with E-state index in [1.807, 2.05) is 37.3 Å². The van der Waals surface area contributed by atoms with E-state index in [2.05, 4.69) is 10.6 Å². The molecule has 2 aromatic carbocycles. The third-order valence-electron chi connectivity index (χ3n) is 3.97. The molecule has 0 aromatic heterocycles. The molecule has 2 aromatic rings. The molecule has 0 spiro atoms. The van der Waals surface area contributed by atoms with Crippen LogP contribution in [-0.2, 0) is 6.42 Å². The highest BCUT2D eigenvalue weighted by Crippen LogP contribution is 2.26. The summed E-state index contributed by atoms with van der Waals surface area (Å²) in [6.07, 6.45) is 2.17. The second kappa shape index (κ2) is 6.10. The van der Waals surface area contributed by atoms with Crippen molar-refractivity contribution in [3.63, 3.8) is 0 Å². The van der Waals surface area contributed by atoms with Crippen LogP contribution in [0, 0.1) is 6.92 Å². The molecule has 114 valence electrons. The molecule has 1 aliphatic heterocycles. The largest absolute Gasteiger partial charge is 0.496 e. The maximum Gasteiger partial charge on any atom is 0.255 e. The van der Waals surface area contributed by atoms with Gasteiger partial charge in [0, 0.05) is 23.5 Å². The summed E-state index contributed by atoms with van der Waals surface area (Å²) in [5.74, 6) is 0.601. The van der Waals surface area contributed by atoms with Crippen molar-refractivity contribution in [3.8, 4) is 5.75 Å². The molecule has 0 radical (unpaired) electrons. The molecule has 2 N–H and O–H groups in total. The number of benzene rings is 2. The van der Waals surface area contributed by atoms with Crippen molar-refractivity contribution >= 4 is 17.3 Å². The SMILES string of the molecule is COc1cc(C(=O)Nc2ccc3c(c2)CCCN3)ccc1C. The van der Waals surface area contributed by atoms with E-state index >= 15 is 0 Å². The van der Waals surface area contributed by atoms with Crippen molar-refractivity contribution in [2.24, 2.45) is 0 Å². The van der Waals surface area contributed by atoms with E-state index in [1.165, 1.54) is 11.3 Å². The number of hydrogen-bond acceptors (Lipinski definition) is 3. The van der Waals surface area contributed by atoms with Gasteiger partial charge in [0.1, 0.15) is 5.75 Å². The van der Waals surface area contributed by atoms with E-state index in [9.17, 15) is 4.79 Å². The third kappa shape index (κ3) is 2.91. The van der Waals surface area contributed by atoms with Crippen LogP contribution >= 0.6 is 0 Å². The van der Waals surface area contributed by atoms with Crippen molar-refractivity contribution in [2.45, 2.75) is 19.8 Å². The lowest BCUT2D eigenvalue weighted by molar-refractivity contribution is 0.102. The topological polar surface area (TPSA) is 50.4 Å². The van der Waals surface area contributed by atoms with Crippen LogP contribution in [0.15, 0.2) is 36.4 Å². The van der Waals surface area contributed by atoms with Crippen molar-refractivity contribution in [3.05, 3.63) is 53.1 Å². The quantitative estimate of drug-likeness (QED) is 0.909. The second-order valence-corrected chi connectivity index (χ2v) is 5.54. The fourth-order valence-electron chi connectivity index (χ4n) is 2.72. The van der Waals surface area contributed by atoms with Crippen LogP contribution in [0.5, 0.6) is 5.75 Å². The number of amides is 1. The molecule has 22 heavy (non-hydrogen) atoms. The minimum atomic E-state index is -0.123. The lowest BCUT2D eigenvalue weighted by Gasteiger charge is -2.19. The maximum absolute atomic E-state index is 12.4. The molecule has 0 saturated heterocycles. The first-order valence-corrected chi connectivity index (χ1v) is 7.50. The van der Waals surface area contributed by atoms with Crippen LogP contribution in [0.2, 0.25) is 0 Å². The monoisotopic (exact) mass is 296 g/mol. The maximum atomic E-state index is 12.4. The third-order valence-corrected chi connectivity index (χ3v) is 3.97. The zero-order valence-corrected chi connectivity index (χ0v) is 12.9. The smallest absolute Gasteiger partial charge is 0.255 e. The summed E-state index contributed by atoms with van der Waals surface area (Å²) in [5, 5.41) is 6.32. The van der Waals surface area contributed by atoms with Gasteiger partial charge >= 0.3 is 0 Å². The standard InChI is InChI=1S/C18H20N2O2/c1-12-5-6-14(11-17(12)22-2)18(21)20-15-7-8-16-13(10-15)4-3-9-19-16/h5-8,10-11,19H,3-4,9H2,1-2H3,(H,20,21). The molecule has 0 unspecified atom stereocenters. The number of nitrogens with one attached hydrogen (secondary N) is 2. The Labute approximate surface area is 130 Å². The molecule has 0 atom stereocenters. The van der Waals surface area contributed by atoms with Crippen LogP contribution < -0.4 is 15.4 Å². The Hall–Kier alpha value is -2.49. The molecule has 1 amide bonds. The number of methoxy groups -OCH3 is 1. The van der Waals surface area contributed by atoms with Crippen molar-refractivity contribution in [1.82, 2.24) is 0 Å². The average Bonchev–Trinajstić information content (AvgIpc) is 2.55. The van der Waals surface area contributed by atoms with Gasteiger partial charge in [-0.3, -0.25) is 4.79 Å². The number of carbonyl (C=O) groups is 1. The van der Waals surface area contributed by atoms with Gasteiger partial charge in [-0.2, -0.15) is 0 Å². The highest BCUT2D eigenvalue weighted by Gasteiger charge is 2.12. The Kier molecular flexibility index (Phi) is 4.00. The van der Waals surface area contributed by atoms with E-state index in [1.54, 1.807) is 13.2 Å². The number of carbonyl (C=O) groups excluding carboxylic acids is 1. The van der Waals surface area contributed by atoms with Gasteiger partial charge in [0.15, 0.2) is 0 Å². The summed E-state index contributed by atoms with van der Waals surface area (Å²) in [6, 6.07) is 11.5. The Morgan fingerprint density at radius 1 is 1.23 bits per heavy atom. The van der Waals surface area contributed by atoms with Gasteiger partial charge in [0.05, 0.1) is 7.11 Å². The van der Waals surface area contributed by atoms with E-state index < -0.39 is 0 Å². The summed E-state index contributed by atoms with van der Waals surface area (Å²) in [6.45, 7) is 2.97. The van der Waals surface area contributed by atoms with Crippen LogP contribution in [0.1, 0.15) is 27.9 Å². The lowest BCUT2D eigenvalue weighted by Crippen LogP contribution is -2.14. The summed E-state index contributed by atoms with van der Waals surface area (Å²) >= 11 is 0. The van der Waals surface area contributed by atoms with Gasteiger partial charge in [0.2, 0.25) is 0 Å². The molecule has 0 saturated carbocycles. The molecule has 0 aliphatic carbocycles.